The predicted molar refractivity (Wildman–Crippen MR) is 64.9 cm³/mol. The molecule has 2 radical (unpaired) electrons. The van der Waals surface area contributed by atoms with Crippen LogP contribution in [0.2, 0.25) is 0 Å². The number of rotatable bonds is 8. The van der Waals surface area contributed by atoms with Crippen molar-refractivity contribution in [2.24, 2.45) is 0 Å². The monoisotopic (exact) mass is 220 g/mol. The van der Waals surface area contributed by atoms with Crippen LogP contribution in [0.3, 0.4) is 0 Å². The van der Waals surface area contributed by atoms with Crippen LogP contribution in [0, 0.1) is 12.1 Å². The van der Waals surface area contributed by atoms with Crippen LogP contribution in [0.5, 0.6) is 11.5 Å². The maximum Gasteiger partial charge on any atom is 0.161 e. The Morgan fingerprint density at radius 1 is 0.875 bits per heavy atom. The summed E-state index contributed by atoms with van der Waals surface area (Å²) in [6.45, 7) is 5.76. The van der Waals surface area contributed by atoms with E-state index in [-0.39, 0.29) is 0 Å². The van der Waals surface area contributed by atoms with E-state index in [4.69, 9.17) is 9.47 Å². The van der Waals surface area contributed by atoms with Gasteiger partial charge in [-0.2, -0.15) is 0 Å². The minimum Gasteiger partial charge on any atom is -0.490 e. The average molecular weight is 220 g/mol. The summed E-state index contributed by atoms with van der Waals surface area (Å²) in [7, 11) is 0. The van der Waals surface area contributed by atoms with E-state index in [1.165, 1.54) is 0 Å². The van der Waals surface area contributed by atoms with Crippen LogP contribution in [0.25, 0.3) is 0 Å². The molecule has 0 N–H and O–H groups in total. The van der Waals surface area contributed by atoms with Gasteiger partial charge >= 0.3 is 0 Å². The summed E-state index contributed by atoms with van der Waals surface area (Å²) in [5.74, 6) is 1.56. The first-order valence-electron chi connectivity index (χ1n) is 6.05. The summed E-state index contributed by atoms with van der Waals surface area (Å²) in [6.07, 6.45) is 4.39. The van der Waals surface area contributed by atoms with Gasteiger partial charge in [0.25, 0.3) is 0 Å². The number of hydrogen-bond acceptors (Lipinski definition) is 2. The fourth-order valence-corrected chi connectivity index (χ4v) is 1.24. The van der Waals surface area contributed by atoms with Gasteiger partial charge in [-0.1, -0.05) is 26.7 Å². The summed E-state index contributed by atoms with van der Waals surface area (Å²) in [5, 5.41) is 0. The Morgan fingerprint density at radius 3 is 1.69 bits per heavy atom. The van der Waals surface area contributed by atoms with E-state index < -0.39 is 0 Å². The lowest BCUT2D eigenvalue weighted by atomic mass is 10.3. The molecule has 0 amide bonds. The first-order chi connectivity index (χ1) is 7.88. The average Bonchev–Trinajstić information content (AvgIpc) is 2.32. The maximum atomic E-state index is 5.63. The van der Waals surface area contributed by atoms with Crippen molar-refractivity contribution in [3.8, 4) is 11.5 Å². The van der Waals surface area contributed by atoms with E-state index in [9.17, 15) is 0 Å². The van der Waals surface area contributed by atoms with Gasteiger partial charge in [-0.05, 0) is 37.1 Å². The van der Waals surface area contributed by atoms with Crippen molar-refractivity contribution in [2.75, 3.05) is 13.2 Å². The summed E-state index contributed by atoms with van der Waals surface area (Å²) in [4.78, 5) is 0. The van der Waals surface area contributed by atoms with Crippen LogP contribution in [-0.4, -0.2) is 13.2 Å². The fourth-order valence-electron chi connectivity index (χ4n) is 1.24. The second-order valence-corrected chi connectivity index (χ2v) is 3.71. The van der Waals surface area contributed by atoms with Gasteiger partial charge in [0.2, 0.25) is 0 Å². The van der Waals surface area contributed by atoms with Crippen molar-refractivity contribution in [1.29, 1.82) is 0 Å². The van der Waals surface area contributed by atoms with E-state index in [0.29, 0.717) is 0 Å². The lowest BCUT2D eigenvalue weighted by Gasteiger charge is -2.11. The molecule has 1 aromatic rings. The third-order valence-corrected chi connectivity index (χ3v) is 2.24. The fraction of sp³-hybridized carbons (Fsp3) is 0.571. The highest BCUT2D eigenvalue weighted by atomic mass is 16.5. The number of hydrogen-bond donors (Lipinski definition) is 0. The molecule has 0 bridgehead atoms. The maximum absolute atomic E-state index is 5.63. The van der Waals surface area contributed by atoms with Crippen molar-refractivity contribution in [2.45, 2.75) is 39.5 Å². The zero-order valence-electron chi connectivity index (χ0n) is 10.2. The molecule has 16 heavy (non-hydrogen) atoms. The highest BCUT2D eigenvalue weighted by Gasteiger charge is 2.03. The second-order valence-electron chi connectivity index (χ2n) is 3.71. The van der Waals surface area contributed by atoms with Gasteiger partial charge in [0.15, 0.2) is 11.5 Å². The van der Waals surface area contributed by atoms with E-state index >= 15 is 0 Å². The Morgan fingerprint density at radius 2 is 1.31 bits per heavy atom. The third kappa shape index (κ3) is 4.56. The molecule has 1 aromatic carbocycles. The molecular formula is C14H20O2. The highest BCUT2D eigenvalue weighted by molar-refractivity contribution is 5.38. The quantitative estimate of drug-likeness (QED) is 0.623. The van der Waals surface area contributed by atoms with Crippen molar-refractivity contribution >= 4 is 0 Å². The molecule has 0 atom stereocenters. The Hall–Kier alpha value is -1.18. The molecule has 1 rings (SSSR count). The topological polar surface area (TPSA) is 18.5 Å². The summed E-state index contributed by atoms with van der Waals surface area (Å²) >= 11 is 0. The largest absolute Gasteiger partial charge is 0.490 e. The minimum atomic E-state index is 0.735. The Kier molecular flexibility index (Phi) is 6.47. The normalized spacial score (nSPS) is 10.1. The first kappa shape index (κ1) is 12.9. The Balaban J connectivity index is 2.46. The zero-order chi connectivity index (χ0) is 11.6. The molecule has 0 aliphatic rings. The number of benzene rings is 1. The Labute approximate surface area is 98.6 Å². The molecule has 0 heterocycles. The summed E-state index contributed by atoms with van der Waals surface area (Å²) in [6, 6.07) is 9.35. The minimum absolute atomic E-state index is 0.735. The zero-order valence-corrected chi connectivity index (χ0v) is 10.2. The highest BCUT2D eigenvalue weighted by Crippen LogP contribution is 2.26. The summed E-state index contributed by atoms with van der Waals surface area (Å²) < 4.78 is 11.3. The van der Waals surface area contributed by atoms with Gasteiger partial charge in [0.1, 0.15) is 0 Å². The van der Waals surface area contributed by atoms with Gasteiger partial charge in [0, 0.05) is 0 Å². The molecule has 0 aliphatic carbocycles. The van der Waals surface area contributed by atoms with E-state index in [2.05, 4.69) is 26.0 Å². The van der Waals surface area contributed by atoms with Crippen LogP contribution >= 0.6 is 0 Å². The number of ether oxygens (including phenoxy) is 2. The molecule has 0 saturated heterocycles. The second kappa shape index (κ2) is 8.03. The first-order valence-corrected chi connectivity index (χ1v) is 6.05. The third-order valence-electron chi connectivity index (χ3n) is 2.24. The molecule has 88 valence electrons. The molecule has 2 heteroatoms. The van der Waals surface area contributed by atoms with E-state index in [1.807, 2.05) is 0 Å². The molecule has 0 aliphatic heterocycles. The Bertz CT molecular complexity index is 255. The molecule has 0 unspecified atom stereocenters. The SMILES string of the molecule is CCCCOc1c[c][c]cc1OCCCC. The smallest absolute Gasteiger partial charge is 0.161 e. The van der Waals surface area contributed by atoms with Crippen LogP contribution in [0.4, 0.5) is 0 Å². The van der Waals surface area contributed by atoms with Crippen molar-refractivity contribution < 1.29 is 9.47 Å². The van der Waals surface area contributed by atoms with Crippen LogP contribution in [-0.2, 0) is 0 Å². The van der Waals surface area contributed by atoms with E-state index in [0.717, 1.165) is 50.4 Å². The number of unbranched alkanes of at least 4 members (excludes halogenated alkanes) is 2. The van der Waals surface area contributed by atoms with Crippen LogP contribution < -0.4 is 9.47 Å². The van der Waals surface area contributed by atoms with Crippen LogP contribution in [0.1, 0.15) is 39.5 Å². The van der Waals surface area contributed by atoms with Crippen molar-refractivity contribution in [1.82, 2.24) is 0 Å². The van der Waals surface area contributed by atoms with Gasteiger partial charge in [-0.25, -0.2) is 0 Å². The lowest BCUT2D eigenvalue weighted by Crippen LogP contribution is -2.02. The molecular weight excluding hydrogens is 200 g/mol. The molecule has 2 nitrogen and oxygen atoms in total. The van der Waals surface area contributed by atoms with E-state index in [1.54, 1.807) is 12.1 Å². The molecule has 0 aromatic heterocycles. The van der Waals surface area contributed by atoms with Crippen molar-refractivity contribution in [3.05, 3.63) is 24.3 Å². The molecule has 0 fully saturated rings. The van der Waals surface area contributed by atoms with Crippen molar-refractivity contribution in [3.63, 3.8) is 0 Å². The predicted octanol–water partition coefficient (Wildman–Crippen LogP) is 3.64. The molecule has 0 saturated carbocycles. The van der Waals surface area contributed by atoms with Gasteiger partial charge in [-0.3, -0.25) is 0 Å². The summed E-state index contributed by atoms with van der Waals surface area (Å²) in [5.41, 5.74) is 0. The van der Waals surface area contributed by atoms with Gasteiger partial charge < -0.3 is 9.47 Å². The standard InChI is InChI=1S/C14H20O2/c1-3-5-11-15-13-9-7-8-10-14(13)16-12-6-4-2/h9-10H,3-6,11-12H2,1-2H3. The van der Waals surface area contributed by atoms with Crippen LogP contribution in [0.15, 0.2) is 12.1 Å². The van der Waals surface area contributed by atoms with Gasteiger partial charge in [0.05, 0.1) is 13.2 Å². The molecule has 0 spiro atoms. The lowest BCUT2D eigenvalue weighted by molar-refractivity contribution is 0.262. The van der Waals surface area contributed by atoms with Gasteiger partial charge in [-0.15, -0.1) is 0 Å².